The fourth-order valence-corrected chi connectivity index (χ4v) is 4.99. The highest BCUT2D eigenvalue weighted by Crippen LogP contribution is 2.23. The van der Waals surface area contributed by atoms with Crippen molar-refractivity contribution in [2.45, 2.75) is 136 Å². The van der Waals surface area contributed by atoms with E-state index in [1.54, 1.807) is 6.92 Å². The van der Waals surface area contributed by atoms with Crippen molar-refractivity contribution in [3.05, 3.63) is 24.6 Å². The smallest absolute Gasteiger partial charge is 0.217 e. The number of hydrogen-bond donors (Lipinski definition) is 2. The van der Waals surface area contributed by atoms with Crippen LogP contribution in [-0.4, -0.2) is 36.2 Å². The van der Waals surface area contributed by atoms with E-state index in [0.717, 1.165) is 24.1 Å². The number of hydrogen-bond acceptors (Lipinski definition) is 2. The Hall–Kier alpha value is -1.29. The maximum absolute atomic E-state index is 11.2. The standard InChI is InChI=1S/C29H55N3O/c1-4-6-7-8-9-10-11-12-13-14-15-16-17-18-19-20-21-22-23-29-31-25-27-32(29,5-2)26-24-30-28(3)33/h10-11,25,27,29,31H,4-9,12-24,26H2,1-3H3/p+1/b11-10+. The number of nitrogens with one attached hydrogen (secondary N) is 2. The second-order valence-electron chi connectivity index (χ2n) is 10.1. The molecule has 4 nitrogen and oxygen atoms in total. The lowest BCUT2D eigenvalue weighted by atomic mass is 10.0. The van der Waals surface area contributed by atoms with Gasteiger partial charge in [0, 0.05) is 13.3 Å². The summed E-state index contributed by atoms with van der Waals surface area (Å²) < 4.78 is 0.953. The Labute approximate surface area is 206 Å². The van der Waals surface area contributed by atoms with E-state index in [2.05, 4.69) is 49.0 Å². The molecule has 1 aliphatic rings. The van der Waals surface area contributed by atoms with Crippen molar-refractivity contribution in [2.75, 3.05) is 19.6 Å². The van der Waals surface area contributed by atoms with Gasteiger partial charge in [-0.05, 0) is 39.0 Å². The molecule has 1 heterocycles. The Bertz CT molecular complexity index is 531. The summed E-state index contributed by atoms with van der Waals surface area (Å²) in [6.07, 6.45) is 32.8. The maximum atomic E-state index is 11.2. The summed E-state index contributed by atoms with van der Waals surface area (Å²) in [6, 6.07) is 0. The molecule has 0 aliphatic carbocycles. The number of likely N-dealkylation sites (N-methyl/N-ethyl adjacent to an activating group) is 1. The zero-order chi connectivity index (χ0) is 24.0. The van der Waals surface area contributed by atoms with Gasteiger partial charge in [-0.25, -0.2) is 0 Å². The molecule has 192 valence electrons. The zero-order valence-corrected chi connectivity index (χ0v) is 22.4. The first-order valence-electron chi connectivity index (χ1n) is 14.3. The summed E-state index contributed by atoms with van der Waals surface area (Å²) in [6.45, 7) is 8.93. The number of allylic oxidation sites excluding steroid dienone is 2. The van der Waals surface area contributed by atoms with Gasteiger partial charge in [0.2, 0.25) is 5.91 Å². The molecule has 1 rings (SSSR count). The average molecular weight is 463 g/mol. The number of nitrogens with zero attached hydrogens (tertiary/aromatic N) is 1. The molecule has 2 N–H and O–H groups in total. The molecule has 0 fully saturated rings. The van der Waals surface area contributed by atoms with Crippen molar-refractivity contribution in [1.82, 2.24) is 10.6 Å². The molecule has 0 saturated heterocycles. The SMILES string of the molecule is CCCCCC/C=C/CCCCCCCCCCCCC1NC=C[N+]1(CC)CCNC(C)=O. The number of quaternary nitrogens is 1. The lowest BCUT2D eigenvalue weighted by molar-refractivity contribution is -0.898. The molecule has 0 aromatic rings. The third-order valence-corrected chi connectivity index (χ3v) is 7.26. The second-order valence-corrected chi connectivity index (χ2v) is 10.1. The van der Waals surface area contributed by atoms with Crippen LogP contribution in [0.3, 0.4) is 0 Å². The van der Waals surface area contributed by atoms with Crippen LogP contribution in [0.15, 0.2) is 24.6 Å². The summed E-state index contributed by atoms with van der Waals surface area (Å²) in [5.74, 6) is 0.0672. The fourth-order valence-electron chi connectivity index (χ4n) is 4.99. The first-order valence-corrected chi connectivity index (χ1v) is 14.3. The van der Waals surface area contributed by atoms with E-state index in [0.29, 0.717) is 6.17 Å². The predicted molar refractivity (Wildman–Crippen MR) is 144 cm³/mol. The highest BCUT2D eigenvalue weighted by atomic mass is 16.1. The van der Waals surface area contributed by atoms with Gasteiger partial charge in [-0.3, -0.25) is 9.28 Å². The van der Waals surface area contributed by atoms with Crippen molar-refractivity contribution in [2.24, 2.45) is 0 Å². The summed E-state index contributed by atoms with van der Waals surface area (Å²) >= 11 is 0. The molecule has 4 heteroatoms. The van der Waals surface area contributed by atoms with Crippen LogP contribution in [-0.2, 0) is 4.79 Å². The molecule has 1 amide bonds. The number of unbranched alkanes of at least 4 members (excludes halogenated alkanes) is 14. The largest absolute Gasteiger partial charge is 0.351 e. The lowest BCUT2D eigenvalue weighted by Gasteiger charge is -2.37. The summed E-state index contributed by atoms with van der Waals surface area (Å²) in [5, 5.41) is 6.53. The molecule has 0 radical (unpaired) electrons. The van der Waals surface area contributed by atoms with E-state index in [1.807, 2.05) is 0 Å². The van der Waals surface area contributed by atoms with Crippen molar-refractivity contribution in [1.29, 1.82) is 0 Å². The van der Waals surface area contributed by atoms with Gasteiger partial charge in [0.15, 0.2) is 6.17 Å². The highest BCUT2D eigenvalue weighted by Gasteiger charge is 2.36. The molecule has 2 unspecified atom stereocenters. The van der Waals surface area contributed by atoms with E-state index >= 15 is 0 Å². The third-order valence-electron chi connectivity index (χ3n) is 7.26. The Morgan fingerprint density at radius 1 is 0.848 bits per heavy atom. The summed E-state index contributed by atoms with van der Waals surface area (Å²) in [7, 11) is 0. The Kier molecular flexibility index (Phi) is 18.1. The van der Waals surface area contributed by atoms with Crippen LogP contribution in [0.4, 0.5) is 0 Å². The molecule has 33 heavy (non-hydrogen) atoms. The number of carbonyl (C=O) groups is 1. The van der Waals surface area contributed by atoms with Crippen LogP contribution >= 0.6 is 0 Å². The molecule has 0 bridgehead atoms. The first kappa shape index (κ1) is 29.7. The molecule has 0 spiro atoms. The average Bonchev–Trinajstić information content (AvgIpc) is 3.21. The molecule has 0 aromatic carbocycles. The van der Waals surface area contributed by atoms with Gasteiger partial charge >= 0.3 is 0 Å². The maximum Gasteiger partial charge on any atom is 0.217 e. The molecular weight excluding hydrogens is 406 g/mol. The van der Waals surface area contributed by atoms with Gasteiger partial charge in [-0.1, -0.05) is 89.7 Å². The topological polar surface area (TPSA) is 41.1 Å². The van der Waals surface area contributed by atoms with E-state index in [9.17, 15) is 4.79 Å². The van der Waals surface area contributed by atoms with Crippen LogP contribution in [0.25, 0.3) is 0 Å². The second kappa shape index (κ2) is 20.1. The minimum atomic E-state index is 0.0672. The number of carbonyl (C=O) groups excluding carboxylic acids is 1. The third kappa shape index (κ3) is 14.6. The molecule has 0 aromatic heterocycles. The Morgan fingerprint density at radius 3 is 1.94 bits per heavy atom. The van der Waals surface area contributed by atoms with Crippen LogP contribution in [0.5, 0.6) is 0 Å². The van der Waals surface area contributed by atoms with Crippen LogP contribution in [0.2, 0.25) is 0 Å². The number of rotatable bonds is 22. The van der Waals surface area contributed by atoms with E-state index < -0.39 is 0 Å². The molecule has 2 atom stereocenters. The Morgan fingerprint density at radius 2 is 1.39 bits per heavy atom. The van der Waals surface area contributed by atoms with Gasteiger partial charge in [0.05, 0.1) is 19.3 Å². The first-order chi connectivity index (χ1) is 16.1. The minimum Gasteiger partial charge on any atom is -0.351 e. The fraction of sp³-hybridized carbons (Fsp3) is 0.828. The monoisotopic (exact) mass is 462 g/mol. The summed E-state index contributed by atoms with van der Waals surface area (Å²) in [4.78, 5) is 11.2. The van der Waals surface area contributed by atoms with Crippen LogP contribution in [0, 0.1) is 0 Å². The van der Waals surface area contributed by atoms with Gasteiger partial charge in [0.1, 0.15) is 12.7 Å². The van der Waals surface area contributed by atoms with E-state index in [1.165, 1.54) is 109 Å². The van der Waals surface area contributed by atoms with Gasteiger partial charge < -0.3 is 10.6 Å². The van der Waals surface area contributed by atoms with Crippen LogP contribution in [0.1, 0.15) is 130 Å². The quantitative estimate of drug-likeness (QED) is 0.0989. The molecule has 1 aliphatic heterocycles. The van der Waals surface area contributed by atoms with Crippen molar-refractivity contribution >= 4 is 5.91 Å². The Balaban J connectivity index is 1.92. The van der Waals surface area contributed by atoms with Gasteiger partial charge in [-0.15, -0.1) is 0 Å². The lowest BCUT2D eigenvalue weighted by Crippen LogP contribution is -2.55. The van der Waals surface area contributed by atoms with Crippen LogP contribution < -0.4 is 10.6 Å². The minimum absolute atomic E-state index is 0.0672. The van der Waals surface area contributed by atoms with Gasteiger partial charge in [0.25, 0.3) is 0 Å². The predicted octanol–water partition coefficient (Wildman–Crippen LogP) is 7.57. The highest BCUT2D eigenvalue weighted by molar-refractivity contribution is 5.72. The van der Waals surface area contributed by atoms with Crippen molar-refractivity contribution < 1.29 is 9.28 Å². The molecular formula is C29H56N3O+. The van der Waals surface area contributed by atoms with Crippen molar-refractivity contribution in [3.8, 4) is 0 Å². The summed E-state index contributed by atoms with van der Waals surface area (Å²) in [5.41, 5.74) is 0. The van der Waals surface area contributed by atoms with E-state index in [4.69, 9.17) is 0 Å². The molecule has 0 saturated carbocycles. The van der Waals surface area contributed by atoms with E-state index in [-0.39, 0.29) is 5.91 Å². The number of amides is 1. The zero-order valence-electron chi connectivity index (χ0n) is 22.4. The van der Waals surface area contributed by atoms with Crippen molar-refractivity contribution in [3.63, 3.8) is 0 Å². The normalized spacial score (nSPS) is 19.9. The van der Waals surface area contributed by atoms with Gasteiger partial charge in [-0.2, -0.15) is 0 Å².